The molecule has 0 aromatic rings. The first-order valence-corrected chi connectivity index (χ1v) is 7.79. The van der Waals surface area contributed by atoms with E-state index in [0.717, 1.165) is 24.9 Å². The molecule has 2 atom stereocenters. The minimum atomic E-state index is 0.0663. The summed E-state index contributed by atoms with van der Waals surface area (Å²) >= 11 is 0. The Labute approximate surface area is 117 Å². The smallest absolute Gasteiger partial charge is 0.216 e. The van der Waals surface area contributed by atoms with Gasteiger partial charge in [-0.1, -0.05) is 6.42 Å². The number of rotatable bonds is 5. The Morgan fingerprint density at radius 3 is 2.37 bits per heavy atom. The Balaban J connectivity index is 1.82. The van der Waals surface area contributed by atoms with Gasteiger partial charge in [0.05, 0.1) is 0 Å². The van der Waals surface area contributed by atoms with Gasteiger partial charge in [-0.2, -0.15) is 0 Å². The highest BCUT2D eigenvalue weighted by Gasteiger charge is 2.39. The van der Waals surface area contributed by atoms with E-state index in [-0.39, 0.29) is 5.91 Å². The summed E-state index contributed by atoms with van der Waals surface area (Å²) in [6.45, 7) is 10.3. The summed E-state index contributed by atoms with van der Waals surface area (Å²) in [7, 11) is 0. The lowest BCUT2D eigenvalue weighted by Crippen LogP contribution is -2.58. The average Bonchev–Trinajstić information content (AvgIpc) is 2.33. The zero-order valence-electron chi connectivity index (χ0n) is 12.6. The normalized spacial score (nSPS) is 31.5. The second kappa shape index (κ2) is 6.71. The first-order chi connectivity index (χ1) is 9.08. The van der Waals surface area contributed by atoms with E-state index in [1.54, 1.807) is 6.92 Å². The lowest BCUT2D eigenvalue weighted by Gasteiger charge is -2.49. The molecule has 2 aliphatic rings. The second-order valence-electron chi connectivity index (χ2n) is 6.46. The first kappa shape index (κ1) is 14.8. The summed E-state index contributed by atoms with van der Waals surface area (Å²) in [5, 5.41) is 6.56. The van der Waals surface area contributed by atoms with Gasteiger partial charge in [0.2, 0.25) is 5.91 Å². The first-order valence-electron chi connectivity index (χ1n) is 7.79. The van der Waals surface area contributed by atoms with E-state index in [0.29, 0.717) is 12.1 Å². The maximum atomic E-state index is 10.9. The predicted octanol–water partition coefficient (Wildman–Crippen LogP) is 1.22. The van der Waals surface area contributed by atoms with Crippen molar-refractivity contribution >= 4 is 5.91 Å². The number of carbonyl (C=O) groups is 1. The largest absolute Gasteiger partial charge is 0.355 e. The van der Waals surface area contributed by atoms with Crippen molar-refractivity contribution in [3.8, 4) is 0 Å². The van der Waals surface area contributed by atoms with Gasteiger partial charge < -0.3 is 15.5 Å². The molecule has 4 heteroatoms. The van der Waals surface area contributed by atoms with Gasteiger partial charge in [-0.25, -0.2) is 0 Å². The molecular weight excluding hydrogens is 238 g/mol. The van der Waals surface area contributed by atoms with Gasteiger partial charge >= 0.3 is 0 Å². The minimum Gasteiger partial charge on any atom is -0.355 e. The standard InChI is InChI=1S/C15H29N3O/c1-11(2)18-9-13-5-4-6-14(10-18)15(13)17-8-7-16-12(3)19/h11,13-15,17H,4-10H2,1-3H3,(H,16,19). The molecule has 1 aliphatic carbocycles. The van der Waals surface area contributed by atoms with Crippen LogP contribution >= 0.6 is 0 Å². The van der Waals surface area contributed by atoms with Crippen LogP contribution in [0.2, 0.25) is 0 Å². The maximum Gasteiger partial charge on any atom is 0.216 e. The number of hydrogen-bond acceptors (Lipinski definition) is 3. The molecule has 1 saturated heterocycles. The van der Waals surface area contributed by atoms with Crippen LogP contribution in [0.3, 0.4) is 0 Å². The minimum absolute atomic E-state index is 0.0663. The van der Waals surface area contributed by atoms with E-state index in [2.05, 4.69) is 29.4 Å². The molecule has 0 spiro atoms. The van der Waals surface area contributed by atoms with E-state index >= 15 is 0 Å². The van der Waals surface area contributed by atoms with Crippen molar-refractivity contribution in [3.63, 3.8) is 0 Å². The third-order valence-electron chi connectivity index (χ3n) is 4.71. The van der Waals surface area contributed by atoms with Crippen LogP contribution in [-0.2, 0) is 4.79 Å². The molecule has 1 heterocycles. The Bertz CT molecular complexity index is 292. The highest BCUT2D eigenvalue weighted by molar-refractivity contribution is 5.72. The van der Waals surface area contributed by atoms with E-state index in [9.17, 15) is 4.79 Å². The van der Waals surface area contributed by atoms with Crippen LogP contribution in [0.25, 0.3) is 0 Å². The molecule has 2 bridgehead atoms. The van der Waals surface area contributed by atoms with Crippen molar-refractivity contribution in [2.24, 2.45) is 11.8 Å². The monoisotopic (exact) mass is 267 g/mol. The maximum absolute atomic E-state index is 10.9. The van der Waals surface area contributed by atoms with Gasteiger partial charge in [-0.05, 0) is 38.5 Å². The Morgan fingerprint density at radius 1 is 1.21 bits per heavy atom. The predicted molar refractivity (Wildman–Crippen MR) is 78.0 cm³/mol. The van der Waals surface area contributed by atoms with Crippen molar-refractivity contribution in [1.82, 2.24) is 15.5 Å². The molecule has 0 radical (unpaired) electrons. The highest BCUT2D eigenvalue weighted by atomic mass is 16.1. The average molecular weight is 267 g/mol. The highest BCUT2D eigenvalue weighted by Crippen LogP contribution is 2.35. The summed E-state index contributed by atoms with van der Waals surface area (Å²) in [5.41, 5.74) is 0. The molecule has 19 heavy (non-hydrogen) atoms. The Morgan fingerprint density at radius 2 is 1.84 bits per heavy atom. The van der Waals surface area contributed by atoms with Gasteiger partial charge in [0, 0.05) is 45.2 Å². The zero-order valence-corrected chi connectivity index (χ0v) is 12.6. The van der Waals surface area contributed by atoms with Gasteiger partial charge in [0.1, 0.15) is 0 Å². The Kier molecular flexibility index (Phi) is 5.22. The Hall–Kier alpha value is -0.610. The molecule has 0 aromatic carbocycles. The van der Waals surface area contributed by atoms with E-state index < -0.39 is 0 Å². The van der Waals surface area contributed by atoms with E-state index in [1.165, 1.54) is 32.4 Å². The molecule has 4 nitrogen and oxygen atoms in total. The fourth-order valence-corrected chi connectivity index (χ4v) is 3.71. The number of likely N-dealkylation sites (tertiary alicyclic amines) is 1. The molecule has 0 aromatic heterocycles. The van der Waals surface area contributed by atoms with Crippen LogP contribution < -0.4 is 10.6 Å². The number of hydrogen-bond donors (Lipinski definition) is 2. The van der Waals surface area contributed by atoms with Gasteiger partial charge in [0.25, 0.3) is 0 Å². The molecule has 2 rings (SSSR count). The number of nitrogens with one attached hydrogen (secondary N) is 2. The summed E-state index contributed by atoms with van der Waals surface area (Å²) in [6.07, 6.45) is 4.11. The second-order valence-corrected chi connectivity index (χ2v) is 6.46. The van der Waals surface area contributed by atoms with Crippen molar-refractivity contribution < 1.29 is 4.79 Å². The van der Waals surface area contributed by atoms with Crippen LogP contribution in [0.1, 0.15) is 40.0 Å². The fraction of sp³-hybridized carbons (Fsp3) is 0.933. The van der Waals surface area contributed by atoms with Crippen molar-refractivity contribution in [1.29, 1.82) is 0 Å². The molecule has 1 aliphatic heterocycles. The molecular formula is C15H29N3O. The number of amides is 1. The van der Waals surface area contributed by atoms with Crippen molar-refractivity contribution in [2.75, 3.05) is 26.2 Å². The number of fused-ring (bicyclic) bond motifs is 2. The van der Waals surface area contributed by atoms with E-state index in [4.69, 9.17) is 0 Å². The molecule has 2 fully saturated rings. The molecule has 1 amide bonds. The van der Waals surface area contributed by atoms with Crippen LogP contribution in [0.4, 0.5) is 0 Å². The van der Waals surface area contributed by atoms with Crippen LogP contribution in [0.5, 0.6) is 0 Å². The summed E-state index contributed by atoms with van der Waals surface area (Å²) in [5.74, 6) is 1.66. The number of piperidine rings is 1. The van der Waals surface area contributed by atoms with Crippen molar-refractivity contribution in [3.05, 3.63) is 0 Å². The van der Waals surface area contributed by atoms with Crippen LogP contribution in [0.15, 0.2) is 0 Å². The SMILES string of the molecule is CC(=O)NCCNC1C2CCCC1CN(C(C)C)C2. The third kappa shape index (κ3) is 3.93. The molecule has 110 valence electrons. The lowest BCUT2D eigenvalue weighted by atomic mass is 9.73. The topological polar surface area (TPSA) is 44.4 Å². The number of nitrogens with zero attached hydrogens (tertiary/aromatic N) is 1. The lowest BCUT2D eigenvalue weighted by molar-refractivity contribution is -0.118. The number of carbonyl (C=O) groups excluding carboxylic acids is 1. The summed E-state index contributed by atoms with van der Waals surface area (Å²) in [4.78, 5) is 13.5. The van der Waals surface area contributed by atoms with Gasteiger partial charge in [-0.3, -0.25) is 4.79 Å². The van der Waals surface area contributed by atoms with Crippen molar-refractivity contribution in [2.45, 2.75) is 52.1 Å². The molecule has 2 N–H and O–H groups in total. The van der Waals surface area contributed by atoms with E-state index in [1.807, 2.05) is 0 Å². The summed E-state index contributed by atoms with van der Waals surface area (Å²) < 4.78 is 0. The molecule has 2 unspecified atom stereocenters. The summed E-state index contributed by atoms with van der Waals surface area (Å²) in [6, 6.07) is 1.33. The third-order valence-corrected chi connectivity index (χ3v) is 4.71. The van der Waals surface area contributed by atoms with Crippen LogP contribution in [-0.4, -0.2) is 49.1 Å². The van der Waals surface area contributed by atoms with Gasteiger partial charge in [0.15, 0.2) is 0 Å². The molecule has 1 saturated carbocycles. The van der Waals surface area contributed by atoms with Gasteiger partial charge in [-0.15, -0.1) is 0 Å². The van der Waals surface area contributed by atoms with Crippen LogP contribution in [0, 0.1) is 11.8 Å². The fourth-order valence-electron chi connectivity index (χ4n) is 3.71. The quantitative estimate of drug-likeness (QED) is 0.736. The zero-order chi connectivity index (χ0) is 13.8.